The van der Waals surface area contributed by atoms with Gasteiger partial charge in [0.25, 0.3) is 5.91 Å². The number of furan rings is 1. The van der Waals surface area contributed by atoms with Crippen LogP contribution in [0.15, 0.2) is 34.9 Å². The van der Waals surface area contributed by atoms with E-state index >= 15 is 0 Å². The van der Waals surface area contributed by atoms with Crippen LogP contribution in [0.1, 0.15) is 29.1 Å². The average Bonchev–Trinajstić information content (AvgIpc) is 3.07. The van der Waals surface area contributed by atoms with Crippen molar-refractivity contribution >= 4 is 5.91 Å². The predicted octanol–water partition coefficient (Wildman–Crippen LogP) is 2.80. The third-order valence-corrected chi connectivity index (χ3v) is 3.24. The largest absolute Gasteiger partial charge is 0.493 e. The minimum absolute atomic E-state index is 0.249. The SMILES string of the molecule is COc1cc(C(=O)NC(C)c2ccco2)cc(OC)c1OC. The van der Waals surface area contributed by atoms with Crippen LogP contribution in [-0.4, -0.2) is 27.2 Å². The molecule has 1 atom stereocenters. The Kier molecular flexibility index (Phi) is 4.93. The molecule has 0 aliphatic heterocycles. The van der Waals surface area contributed by atoms with E-state index in [0.717, 1.165) is 0 Å². The van der Waals surface area contributed by atoms with Crippen LogP contribution in [0.4, 0.5) is 0 Å². The van der Waals surface area contributed by atoms with Crippen LogP contribution >= 0.6 is 0 Å². The fraction of sp³-hybridized carbons (Fsp3) is 0.312. The van der Waals surface area contributed by atoms with E-state index in [1.54, 1.807) is 30.5 Å². The van der Waals surface area contributed by atoms with Crippen LogP contribution < -0.4 is 19.5 Å². The van der Waals surface area contributed by atoms with Gasteiger partial charge in [-0.1, -0.05) is 0 Å². The summed E-state index contributed by atoms with van der Waals surface area (Å²) < 4.78 is 21.0. The summed E-state index contributed by atoms with van der Waals surface area (Å²) >= 11 is 0. The quantitative estimate of drug-likeness (QED) is 0.888. The molecule has 1 amide bonds. The van der Waals surface area contributed by atoms with Crippen molar-refractivity contribution in [2.45, 2.75) is 13.0 Å². The standard InChI is InChI=1S/C16H19NO5/c1-10(12-6-5-7-22-12)17-16(18)11-8-13(19-2)15(21-4)14(9-11)20-3/h5-10H,1-4H3,(H,17,18). The first kappa shape index (κ1) is 15.8. The van der Waals surface area contributed by atoms with E-state index in [-0.39, 0.29) is 11.9 Å². The third kappa shape index (κ3) is 3.16. The Morgan fingerprint density at radius 3 is 2.23 bits per heavy atom. The number of hydrogen-bond donors (Lipinski definition) is 1. The number of benzene rings is 1. The molecular formula is C16H19NO5. The highest BCUT2D eigenvalue weighted by Crippen LogP contribution is 2.38. The fourth-order valence-electron chi connectivity index (χ4n) is 2.10. The normalized spacial score (nSPS) is 11.6. The Morgan fingerprint density at radius 2 is 1.77 bits per heavy atom. The Hall–Kier alpha value is -2.63. The molecule has 1 N–H and O–H groups in total. The van der Waals surface area contributed by atoms with E-state index in [1.807, 2.05) is 6.92 Å². The molecule has 1 heterocycles. The summed E-state index contributed by atoms with van der Waals surface area (Å²) in [6.45, 7) is 1.84. The summed E-state index contributed by atoms with van der Waals surface area (Å²) in [5.74, 6) is 1.72. The van der Waals surface area contributed by atoms with Crippen LogP contribution in [0.3, 0.4) is 0 Å². The summed E-state index contributed by atoms with van der Waals surface area (Å²) in [6.07, 6.45) is 1.57. The number of ether oxygens (including phenoxy) is 3. The van der Waals surface area contributed by atoms with Gasteiger partial charge in [0.1, 0.15) is 5.76 Å². The molecule has 0 aliphatic carbocycles. The van der Waals surface area contributed by atoms with Gasteiger partial charge in [-0.25, -0.2) is 0 Å². The van der Waals surface area contributed by atoms with Gasteiger partial charge in [0.05, 0.1) is 33.6 Å². The highest BCUT2D eigenvalue weighted by atomic mass is 16.5. The molecule has 0 fully saturated rings. The second-order valence-electron chi connectivity index (χ2n) is 4.62. The second-order valence-corrected chi connectivity index (χ2v) is 4.62. The molecule has 0 saturated heterocycles. The van der Waals surface area contributed by atoms with Gasteiger partial charge in [-0.05, 0) is 31.2 Å². The second kappa shape index (κ2) is 6.89. The van der Waals surface area contributed by atoms with Gasteiger partial charge in [0.15, 0.2) is 11.5 Å². The number of carbonyl (C=O) groups is 1. The number of hydrogen-bond acceptors (Lipinski definition) is 5. The van der Waals surface area contributed by atoms with Gasteiger partial charge >= 0.3 is 0 Å². The molecule has 1 aromatic carbocycles. The maximum atomic E-state index is 12.4. The van der Waals surface area contributed by atoms with Crippen LogP contribution in [0, 0.1) is 0 Å². The van der Waals surface area contributed by atoms with Gasteiger partial charge in [-0.2, -0.15) is 0 Å². The van der Waals surface area contributed by atoms with Crippen LogP contribution in [-0.2, 0) is 0 Å². The summed E-state index contributed by atoms with van der Waals surface area (Å²) in [5.41, 5.74) is 0.410. The van der Waals surface area contributed by atoms with Crippen LogP contribution in [0.25, 0.3) is 0 Å². The summed E-state index contributed by atoms with van der Waals surface area (Å²) in [5, 5.41) is 2.85. The van der Waals surface area contributed by atoms with Crippen molar-refractivity contribution in [3.63, 3.8) is 0 Å². The number of rotatable bonds is 6. The predicted molar refractivity (Wildman–Crippen MR) is 80.7 cm³/mol. The zero-order valence-electron chi connectivity index (χ0n) is 13.0. The molecule has 2 aromatic rings. The lowest BCUT2D eigenvalue weighted by atomic mass is 10.1. The minimum atomic E-state index is -0.261. The van der Waals surface area contributed by atoms with Gasteiger partial charge in [-0.15, -0.1) is 0 Å². The van der Waals surface area contributed by atoms with E-state index < -0.39 is 0 Å². The van der Waals surface area contributed by atoms with Crippen LogP contribution in [0.2, 0.25) is 0 Å². The minimum Gasteiger partial charge on any atom is -0.493 e. The highest BCUT2D eigenvalue weighted by Gasteiger charge is 2.19. The monoisotopic (exact) mass is 305 g/mol. The molecule has 1 unspecified atom stereocenters. The molecule has 1 aromatic heterocycles. The molecule has 2 rings (SSSR count). The lowest BCUT2D eigenvalue weighted by molar-refractivity contribution is 0.0934. The summed E-state index contributed by atoms with van der Waals surface area (Å²) in [4.78, 5) is 12.4. The van der Waals surface area contributed by atoms with Gasteiger partial charge in [0.2, 0.25) is 5.75 Å². The van der Waals surface area contributed by atoms with Crippen molar-refractivity contribution in [2.75, 3.05) is 21.3 Å². The zero-order valence-corrected chi connectivity index (χ0v) is 13.0. The van der Waals surface area contributed by atoms with Crippen molar-refractivity contribution < 1.29 is 23.4 Å². The molecular weight excluding hydrogens is 286 g/mol. The summed E-state index contributed by atoms with van der Waals surface area (Å²) in [6, 6.07) is 6.54. The lowest BCUT2D eigenvalue weighted by Gasteiger charge is -2.15. The Balaban J connectivity index is 2.26. The Bertz CT molecular complexity index is 611. The first-order valence-electron chi connectivity index (χ1n) is 6.75. The first-order chi connectivity index (χ1) is 10.6. The first-order valence-corrected chi connectivity index (χ1v) is 6.75. The van der Waals surface area contributed by atoms with Crippen molar-refractivity contribution in [3.05, 3.63) is 41.9 Å². The third-order valence-electron chi connectivity index (χ3n) is 3.24. The smallest absolute Gasteiger partial charge is 0.252 e. The van der Waals surface area contributed by atoms with Crippen molar-refractivity contribution in [1.29, 1.82) is 0 Å². The van der Waals surface area contributed by atoms with E-state index in [9.17, 15) is 4.79 Å². The number of nitrogens with one attached hydrogen (secondary N) is 1. The van der Waals surface area contributed by atoms with E-state index in [1.165, 1.54) is 21.3 Å². The molecule has 6 nitrogen and oxygen atoms in total. The Morgan fingerprint density at radius 1 is 1.14 bits per heavy atom. The molecule has 118 valence electrons. The number of methoxy groups -OCH3 is 3. The topological polar surface area (TPSA) is 69.9 Å². The van der Waals surface area contributed by atoms with Gasteiger partial charge < -0.3 is 23.9 Å². The van der Waals surface area contributed by atoms with Gasteiger partial charge in [-0.3, -0.25) is 4.79 Å². The van der Waals surface area contributed by atoms with Crippen molar-refractivity contribution in [1.82, 2.24) is 5.32 Å². The molecule has 0 aliphatic rings. The Labute approximate surface area is 129 Å². The van der Waals surface area contributed by atoms with E-state index in [4.69, 9.17) is 18.6 Å². The van der Waals surface area contributed by atoms with Crippen molar-refractivity contribution in [2.24, 2.45) is 0 Å². The molecule has 22 heavy (non-hydrogen) atoms. The maximum Gasteiger partial charge on any atom is 0.252 e. The van der Waals surface area contributed by atoms with Gasteiger partial charge in [0, 0.05) is 5.56 Å². The van der Waals surface area contributed by atoms with Crippen LogP contribution in [0.5, 0.6) is 17.2 Å². The van der Waals surface area contributed by atoms with E-state index in [2.05, 4.69) is 5.32 Å². The highest BCUT2D eigenvalue weighted by molar-refractivity contribution is 5.95. The molecule has 6 heteroatoms. The summed E-state index contributed by atoms with van der Waals surface area (Å²) in [7, 11) is 4.52. The van der Waals surface area contributed by atoms with E-state index in [0.29, 0.717) is 28.6 Å². The lowest BCUT2D eigenvalue weighted by Crippen LogP contribution is -2.26. The fourth-order valence-corrected chi connectivity index (χ4v) is 2.10. The molecule has 0 bridgehead atoms. The molecule has 0 radical (unpaired) electrons. The van der Waals surface area contributed by atoms with Crippen molar-refractivity contribution in [3.8, 4) is 17.2 Å². The molecule has 0 spiro atoms. The maximum absolute atomic E-state index is 12.4. The molecule has 0 saturated carbocycles. The number of carbonyl (C=O) groups excluding carboxylic acids is 1. The average molecular weight is 305 g/mol. The number of amides is 1. The zero-order chi connectivity index (χ0) is 16.1.